The number of imidazole rings is 1. The molecular weight excluding hydrogens is 306 g/mol. The van der Waals surface area contributed by atoms with E-state index in [4.69, 9.17) is 5.73 Å². The number of rotatable bonds is 12. The zero-order valence-electron chi connectivity index (χ0n) is 16.0. The van der Waals surface area contributed by atoms with Crippen LogP contribution in [0.2, 0.25) is 0 Å². The Bertz CT molecular complexity index is 576. The summed E-state index contributed by atoms with van der Waals surface area (Å²) in [5.41, 5.74) is 8.47. The van der Waals surface area contributed by atoms with Crippen LogP contribution in [0.1, 0.15) is 83.5 Å². The number of unbranched alkanes of at least 4 members (excludes halogenated alkanes) is 3. The van der Waals surface area contributed by atoms with E-state index < -0.39 is 0 Å². The fourth-order valence-electron chi connectivity index (χ4n) is 3.46. The molecule has 0 bridgehead atoms. The molecule has 1 aromatic carbocycles. The standard InChI is InChI=1S/C22H35N3/c1-3-5-6-8-12-18(4-2)13-11-16-20(23)22-24-17-21(25-22)19-14-9-7-10-15-19/h7,9-10,14-15,17-18,20H,3-6,8,11-13,16,23H2,1-2H3,(H,24,25)/t18?,20-/m1/s1. The second-order valence-corrected chi connectivity index (χ2v) is 7.20. The van der Waals surface area contributed by atoms with Crippen LogP contribution in [0.25, 0.3) is 11.3 Å². The molecule has 0 aliphatic heterocycles. The first-order valence-corrected chi connectivity index (χ1v) is 10.1. The van der Waals surface area contributed by atoms with Gasteiger partial charge in [-0.05, 0) is 12.3 Å². The van der Waals surface area contributed by atoms with Crippen molar-refractivity contribution < 1.29 is 0 Å². The third-order valence-electron chi connectivity index (χ3n) is 5.19. The van der Waals surface area contributed by atoms with Gasteiger partial charge in [-0.2, -0.15) is 0 Å². The van der Waals surface area contributed by atoms with Crippen molar-refractivity contribution in [3.05, 3.63) is 42.4 Å². The van der Waals surface area contributed by atoms with Gasteiger partial charge in [-0.15, -0.1) is 0 Å². The van der Waals surface area contributed by atoms with Crippen molar-refractivity contribution in [1.29, 1.82) is 0 Å². The second kappa shape index (κ2) is 11.1. The van der Waals surface area contributed by atoms with Gasteiger partial charge in [0, 0.05) is 11.8 Å². The van der Waals surface area contributed by atoms with Gasteiger partial charge in [-0.25, -0.2) is 4.98 Å². The van der Waals surface area contributed by atoms with Gasteiger partial charge in [0.1, 0.15) is 5.82 Å². The molecule has 2 rings (SSSR count). The summed E-state index contributed by atoms with van der Waals surface area (Å²) >= 11 is 0. The number of nitrogens with one attached hydrogen (secondary N) is 1. The normalized spacial score (nSPS) is 13.7. The van der Waals surface area contributed by atoms with Crippen LogP contribution >= 0.6 is 0 Å². The lowest BCUT2D eigenvalue weighted by Crippen LogP contribution is -2.12. The zero-order valence-corrected chi connectivity index (χ0v) is 16.0. The van der Waals surface area contributed by atoms with Crippen molar-refractivity contribution in [2.45, 2.75) is 77.7 Å². The van der Waals surface area contributed by atoms with Crippen molar-refractivity contribution in [2.24, 2.45) is 11.7 Å². The topological polar surface area (TPSA) is 54.7 Å². The smallest absolute Gasteiger partial charge is 0.123 e. The molecule has 25 heavy (non-hydrogen) atoms. The van der Waals surface area contributed by atoms with Gasteiger partial charge >= 0.3 is 0 Å². The fraction of sp³-hybridized carbons (Fsp3) is 0.591. The Balaban J connectivity index is 1.74. The van der Waals surface area contributed by atoms with Crippen LogP contribution in [0.5, 0.6) is 0 Å². The number of nitrogens with zero attached hydrogens (tertiary/aromatic N) is 1. The average molecular weight is 342 g/mol. The van der Waals surface area contributed by atoms with Crippen LogP contribution in [0.15, 0.2) is 36.5 Å². The number of benzene rings is 1. The lowest BCUT2D eigenvalue weighted by atomic mass is 9.92. The first-order valence-electron chi connectivity index (χ1n) is 10.1. The van der Waals surface area contributed by atoms with Crippen LogP contribution in [-0.2, 0) is 0 Å². The average Bonchev–Trinajstić information content (AvgIpc) is 3.14. The minimum Gasteiger partial charge on any atom is -0.347 e. The van der Waals surface area contributed by atoms with E-state index in [2.05, 4.69) is 35.9 Å². The molecule has 0 saturated heterocycles. The number of nitrogens with two attached hydrogens (primary N) is 1. The minimum absolute atomic E-state index is 0.00931. The molecule has 2 atom stereocenters. The molecule has 0 spiro atoms. The SMILES string of the molecule is CCCCCCC(CC)CCC[C@@H](N)c1nc(-c2ccccc2)c[nH]1. The van der Waals surface area contributed by atoms with Crippen molar-refractivity contribution in [3.8, 4) is 11.3 Å². The monoisotopic (exact) mass is 341 g/mol. The van der Waals surface area contributed by atoms with Crippen molar-refractivity contribution in [3.63, 3.8) is 0 Å². The van der Waals surface area contributed by atoms with E-state index in [9.17, 15) is 0 Å². The Kier molecular flexibility index (Phi) is 8.75. The molecule has 3 nitrogen and oxygen atoms in total. The molecule has 138 valence electrons. The van der Waals surface area contributed by atoms with Crippen LogP contribution in [0, 0.1) is 5.92 Å². The highest BCUT2D eigenvalue weighted by atomic mass is 15.0. The highest BCUT2D eigenvalue weighted by Crippen LogP contribution is 2.24. The molecule has 1 unspecified atom stereocenters. The van der Waals surface area contributed by atoms with Gasteiger partial charge in [0.25, 0.3) is 0 Å². The van der Waals surface area contributed by atoms with E-state index in [1.165, 1.54) is 51.4 Å². The summed E-state index contributed by atoms with van der Waals surface area (Å²) in [5.74, 6) is 1.77. The fourth-order valence-corrected chi connectivity index (χ4v) is 3.46. The summed E-state index contributed by atoms with van der Waals surface area (Å²) in [5, 5.41) is 0. The maximum Gasteiger partial charge on any atom is 0.123 e. The van der Waals surface area contributed by atoms with Crippen LogP contribution in [0.4, 0.5) is 0 Å². The number of hydrogen-bond acceptors (Lipinski definition) is 2. The Morgan fingerprint density at radius 3 is 2.44 bits per heavy atom. The van der Waals surface area contributed by atoms with E-state index >= 15 is 0 Å². The number of hydrogen-bond donors (Lipinski definition) is 2. The largest absolute Gasteiger partial charge is 0.347 e. The van der Waals surface area contributed by atoms with Crippen LogP contribution in [0.3, 0.4) is 0 Å². The maximum absolute atomic E-state index is 6.36. The number of aromatic amines is 1. The third kappa shape index (κ3) is 6.66. The summed E-state index contributed by atoms with van der Waals surface area (Å²) in [6, 6.07) is 10.3. The molecular formula is C22H35N3. The molecule has 3 heteroatoms. The first kappa shape index (κ1) is 19.7. The summed E-state index contributed by atoms with van der Waals surface area (Å²) in [7, 11) is 0. The predicted molar refractivity (Wildman–Crippen MR) is 107 cm³/mol. The third-order valence-corrected chi connectivity index (χ3v) is 5.19. The Morgan fingerprint density at radius 1 is 0.960 bits per heavy atom. The van der Waals surface area contributed by atoms with Crippen molar-refractivity contribution in [1.82, 2.24) is 9.97 Å². The Morgan fingerprint density at radius 2 is 1.72 bits per heavy atom. The summed E-state index contributed by atoms with van der Waals surface area (Å²) in [6.45, 7) is 4.60. The molecule has 0 amide bonds. The van der Waals surface area contributed by atoms with Crippen LogP contribution < -0.4 is 5.73 Å². The molecule has 0 aliphatic rings. The molecule has 3 N–H and O–H groups in total. The van der Waals surface area contributed by atoms with E-state index in [0.717, 1.165) is 29.4 Å². The lowest BCUT2D eigenvalue weighted by Gasteiger charge is -2.16. The van der Waals surface area contributed by atoms with E-state index in [0.29, 0.717) is 0 Å². The highest BCUT2D eigenvalue weighted by molar-refractivity contribution is 5.58. The van der Waals surface area contributed by atoms with Gasteiger partial charge in [0.15, 0.2) is 0 Å². The van der Waals surface area contributed by atoms with E-state index in [-0.39, 0.29) is 6.04 Å². The quantitative estimate of drug-likeness (QED) is 0.449. The molecule has 0 aliphatic carbocycles. The molecule has 0 radical (unpaired) electrons. The summed E-state index contributed by atoms with van der Waals surface area (Å²) in [6.07, 6.45) is 13.6. The van der Waals surface area contributed by atoms with Gasteiger partial charge in [-0.1, -0.05) is 95.5 Å². The van der Waals surface area contributed by atoms with Crippen LogP contribution in [-0.4, -0.2) is 9.97 Å². The Hall–Kier alpha value is -1.61. The first-order chi connectivity index (χ1) is 12.2. The minimum atomic E-state index is 0.00931. The number of H-pyrrole nitrogens is 1. The summed E-state index contributed by atoms with van der Waals surface area (Å²) in [4.78, 5) is 7.96. The number of aromatic nitrogens is 2. The van der Waals surface area contributed by atoms with Gasteiger partial charge < -0.3 is 10.7 Å². The van der Waals surface area contributed by atoms with Crippen molar-refractivity contribution >= 4 is 0 Å². The van der Waals surface area contributed by atoms with Gasteiger partial charge in [0.2, 0.25) is 0 Å². The van der Waals surface area contributed by atoms with Gasteiger partial charge in [-0.3, -0.25) is 0 Å². The summed E-state index contributed by atoms with van der Waals surface area (Å²) < 4.78 is 0. The molecule has 1 heterocycles. The lowest BCUT2D eigenvalue weighted by molar-refractivity contribution is 0.389. The van der Waals surface area contributed by atoms with Gasteiger partial charge in [0.05, 0.1) is 11.7 Å². The highest BCUT2D eigenvalue weighted by Gasteiger charge is 2.13. The predicted octanol–water partition coefficient (Wildman–Crippen LogP) is 6.24. The van der Waals surface area contributed by atoms with E-state index in [1.807, 2.05) is 24.4 Å². The van der Waals surface area contributed by atoms with Crippen molar-refractivity contribution in [2.75, 3.05) is 0 Å². The molecule has 0 saturated carbocycles. The molecule has 2 aromatic rings. The zero-order chi connectivity index (χ0) is 17.9. The maximum atomic E-state index is 6.36. The van der Waals surface area contributed by atoms with E-state index in [1.54, 1.807) is 0 Å². The molecule has 1 aromatic heterocycles. The second-order valence-electron chi connectivity index (χ2n) is 7.20. The molecule has 0 fully saturated rings. The Labute approximate surface area is 153 Å².